The molecular formula is C22H31NO3S. The van der Waals surface area contributed by atoms with Gasteiger partial charge in [-0.25, -0.2) is 0 Å². The molecule has 1 unspecified atom stereocenters. The number of hydrogen-bond donors (Lipinski definition) is 1. The minimum absolute atomic E-state index is 0.363. The Morgan fingerprint density at radius 2 is 1.89 bits per heavy atom. The molecule has 0 bridgehead atoms. The van der Waals surface area contributed by atoms with Crippen LogP contribution in [0.3, 0.4) is 0 Å². The van der Waals surface area contributed by atoms with Crippen LogP contribution in [0.5, 0.6) is 5.75 Å². The molecule has 2 saturated heterocycles. The number of aliphatic hydroxyl groups is 1. The predicted octanol–water partition coefficient (Wildman–Crippen LogP) is 4.12. The lowest BCUT2D eigenvalue weighted by Gasteiger charge is -2.47. The van der Waals surface area contributed by atoms with E-state index in [0.717, 1.165) is 61.7 Å². The molecule has 27 heavy (non-hydrogen) atoms. The van der Waals surface area contributed by atoms with Crippen LogP contribution in [0.15, 0.2) is 18.2 Å². The third-order valence-electron chi connectivity index (χ3n) is 7.08. The molecule has 4 nitrogen and oxygen atoms in total. The maximum atomic E-state index is 10.8. The number of benzene rings is 1. The van der Waals surface area contributed by atoms with Crippen molar-refractivity contribution < 1.29 is 14.6 Å². The summed E-state index contributed by atoms with van der Waals surface area (Å²) in [5.41, 5.74) is 2.11. The smallest absolute Gasteiger partial charge is 0.213 e. The second-order valence-corrected chi connectivity index (χ2v) is 9.91. The van der Waals surface area contributed by atoms with Gasteiger partial charge in [0.2, 0.25) is 5.79 Å². The van der Waals surface area contributed by atoms with E-state index in [1.807, 2.05) is 11.8 Å². The van der Waals surface area contributed by atoms with Gasteiger partial charge in [0.25, 0.3) is 0 Å². The van der Waals surface area contributed by atoms with Crippen molar-refractivity contribution >= 4 is 11.8 Å². The Morgan fingerprint density at radius 3 is 2.59 bits per heavy atom. The van der Waals surface area contributed by atoms with Crippen LogP contribution in [0.1, 0.15) is 62.2 Å². The second-order valence-electron chi connectivity index (χ2n) is 8.68. The van der Waals surface area contributed by atoms with Crippen LogP contribution in [0, 0.1) is 5.92 Å². The molecule has 1 saturated carbocycles. The molecule has 0 radical (unpaired) electrons. The second kappa shape index (κ2) is 7.58. The molecule has 1 spiro atoms. The monoisotopic (exact) mass is 389 g/mol. The molecule has 1 aliphatic carbocycles. The molecule has 1 aromatic carbocycles. The summed E-state index contributed by atoms with van der Waals surface area (Å²) in [6.45, 7) is 2.76. The molecular weight excluding hydrogens is 358 g/mol. The Bertz CT molecular complexity index is 664. The van der Waals surface area contributed by atoms with Crippen molar-refractivity contribution in [2.45, 2.75) is 69.5 Å². The van der Waals surface area contributed by atoms with Gasteiger partial charge in [0.1, 0.15) is 5.75 Å². The molecule has 1 atom stereocenters. The standard InChI is InChI=1S/C22H31NO3S/c24-21(16-6-12-27-13-7-16)17-4-5-20-18(14-17)15-25-22(26-20)8-10-23(11-9-22)19-2-1-3-19/h4-5,14,16,19,21,24H,1-3,6-13,15H2. The summed E-state index contributed by atoms with van der Waals surface area (Å²) >= 11 is 2.00. The van der Waals surface area contributed by atoms with Crippen LogP contribution in [0.4, 0.5) is 0 Å². The first kappa shape index (κ1) is 18.3. The molecule has 5 heteroatoms. The van der Waals surface area contributed by atoms with Gasteiger partial charge in [-0.2, -0.15) is 11.8 Å². The fraction of sp³-hybridized carbons (Fsp3) is 0.727. The van der Waals surface area contributed by atoms with E-state index in [1.165, 1.54) is 30.8 Å². The average Bonchev–Trinajstić information content (AvgIpc) is 2.68. The third kappa shape index (κ3) is 3.64. The number of piperidine rings is 1. The van der Waals surface area contributed by atoms with E-state index >= 15 is 0 Å². The number of aliphatic hydroxyl groups excluding tert-OH is 1. The van der Waals surface area contributed by atoms with Gasteiger partial charge in [-0.15, -0.1) is 0 Å². The lowest BCUT2D eigenvalue weighted by atomic mass is 9.88. The van der Waals surface area contributed by atoms with Crippen molar-refractivity contribution in [2.24, 2.45) is 5.92 Å². The topological polar surface area (TPSA) is 41.9 Å². The lowest BCUT2D eigenvalue weighted by molar-refractivity contribution is -0.231. The first-order chi connectivity index (χ1) is 13.2. The van der Waals surface area contributed by atoms with Gasteiger partial charge < -0.3 is 14.6 Å². The van der Waals surface area contributed by atoms with Crippen LogP contribution >= 0.6 is 11.8 Å². The number of rotatable bonds is 3. The SMILES string of the molecule is OC(c1ccc2c(c1)COC1(CCN(C3CCC3)CC1)O2)C1CCSCC1. The van der Waals surface area contributed by atoms with Crippen LogP contribution < -0.4 is 4.74 Å². The number of fused-ring (bicyclic) bond motifs is 1. The summed E-state index contributed by atoms with van der Waals surface area (Å²) in [5, 5.41) is 10.8. The zero-order chi connectivity index (χ0) is 18.3. The van der Waals surface area contributed by atoms with E-state index in [-0.39, 0.29) is 6.10 Å². The van der Waals surface area contributed by atoms with Gasteiger partial charge in [0.15, 0.2) is 0 Å². The molecule has 5 rings (SSSR count). The Hall–Kier alpha value is -0.750. The summed E-state index contributed by atoms with van der Waals surface area (Å²) in [6, 6.07) is 7.04. The molecule has 0 amide bonds. The minimum Gasteiger partial charge on any atom is -0.462 e. The van der Waals surface area contributed by atoms with Gasteiger partial charge in [-0.05, 0) is 60.8 Å². The molecule has 3 fully saturated rings. The van der Waals surface area contributed by atoms with E-state index in [1.54, 1.807) is 0 Å². The number of ether oxygens (including phenoxy) is 2. The van der Waals surface area contributed by atoms with Gasteiger partial charge in [-0.1, -0.05) is 12.5 Å². The number of thioether (sulfide) groups is 1. The predicted molar refractivity (Wildman–Crippen MR) is 108 cm³/mol. The Morgan fingerprint density at radius 1 is 1.11 bits per heavy atom. The largest absolute Gasteiger partial charge is 0.462 e. The van der Waals surface area contributed by atoms with Crippen LogP contribution in [0.25, 0.3) is 0 Å². The molecule has 4 aliphatic rings. The molecule has 1 N–H and O–H groups in total. The maximum Gasteiger partial charge on any atom is 0.213 e. The van der Waals surface area contributed by atoms with Gasteiger partial charge in [-0.3, -0.25) is 4.90 Å². The Kier molecular flexibility index (Phi) is 5.14. The molecule has 0 aromatic heterocycles. The zero-order valence-electron chi connectivity index (χ0n) is 16.1. The lowest BCUT2D eigenvalue weighted by Crippen LogP contribution is -2.54. The quantitative estimate of drug-likeness (QED) is 0.842. The van der Waals surface area contributed by atoms with Gasteiger partial charge >= 0.3 is 0 Å². The first-order valence-electron chi connectivity index (χ1n) is 10.7. The molecule has 3 heterocycles. The number of hydrogen-bond acceptors (Lipinski definition) is 5. The highest BCUT2D eigenvalue weighted by atomic mass is 32.2. The summed E-state index contributed by atoms with van der Waals surface area (Å²) in [6.07, 6.45) is 7.87. The maximum absolute atomic E-state index is 10.8. The van der Waals surface area contributed by atoms with E-state index in [9.17, 15) is 5.11 Å². The average molecular weight is 390 g/mol. The van der Waals surface area contributed by atoms with Crippen LogP contribution in [0.2, 0.25) is 0 Å². The normalized spacial score (nSPS) is 27.6. The van der Waals surface area contributed by atoms with Crippen molar-refractivity contribution in [2.75, 3.05) is 24.6 Å². The Labute approximate surface area is 166 Å². The molecule has 148 valence electrons. The van der Waals surface area contributed by atoms with Crippen molar-refractivity contribution in [1.82, 2.24) is 4.90 Å². The van der Waals surface area contributed by atoms with Crippen molar-refractivity contribution in [3.8, 4) is 5.75 Å². The summed E-state index contributed by atoms with van der Waals surface area (Å²) < 4.78 is 12.6. The number of likely N-dealkylation sites (tertiary alicyclic amines) is 1. The van der Waals surface area contributed by atoms with E-state index in [4.69, 9.17) is 9.47 Å². The van der Waals surface area contributed by atoms with Gasteiger partial charge in [0, 0.05) is 37.5 Å². The van der Waals surface area contributed by atoms with Crippen molar-refractivity contribution in [3.05, 3.63) is 29.3 Å². The Balaban J connectivity index is 1.25. The summed E-state index contributed by atoms with van der Waals surface area (Å²) in [4.78, 5) is 2.62. The third-order valence-corrected chi connectivity index (χ3v) is 8.12. The number of nitrogens with zero attached hydrogens (tertiary/aromatic N) is 1. The fourth-order valence-electron chi connectivity index (χ4n) is 4.97. The summed E-state index contributed by atoms with van der Waals surface area (Å²) in [7, 11) is 0. The zero-order valence-corrected chi connectivity index (χ0v) is 16.9. The molecule has 1 aromatic rings. The van der Waals surface area contributed by atoms with Crippen molar-refractivity contribution in [1.29, 1.82) is 0 Å². The minimum atomic E-state index is -0.437. The van der Waals surface area contributed by atoms with Crippen LogP contribution in [-0.2, 0) is 11.3 Å². The van der Waals surface area contributed by atoms with E-state index in [0.29, 0.717) is 12.5 Å². The first-order valence-corrected chi connectivity index (χ1v) is 11.8. The van der Waals surface area contributed by atoms with E-state index in [2.05, 4.69) is 23.1 Å². The fourth-order valence-corrected chi connectivity index (χ4v) is 6.11. The van der Waals surface area contributed by atoms with E-state index < -0.39 is 5.79 Å². The van der Waals surface area contributed by atoms with Crippen molar-refractivity contribution in [3.63, 3.8) is 0 Å². The van der Waals surface area contributed by atoms with Crippen LogP contribution in [-0.4, -0.2) is 46.4 Å². The summed E-state index contributed by atoms with van der Waals surface area (Å²) in [5.74, 6) is 3.23. The highest BCUT2D eigenvalue weighted by Crippen LogP contribution is 2.41. The molecule has 3 aliphatic heterocycles. The highest BCUT2D eigenvalue weighted by Gasteiger charge is 2.42. The van der Waals surface area contributed by atoms with Gasteiger partial charge in [0.05, 0.1) is 12.7 Å². The highest BCUT2D eigenvalue weighted by molar-refractivity contribution is 7.99.